The maximum Gasteiger partial charge on any atom is 0.230 e. The minimum absolute atomic E-state index is 0.230. The Morgan fingerprint density at radius 1 is 1.50 bits per heavy atom. The van der Waals surface area contributed by atoms with Crippen molar-refractivity contribution in [3.8, 4) is 0 Å². The van der Waals surface area contributed by atoms with Gasteiger partial charge in [-0.2, -0.15) is 0 Å². The van der Waals surface area contributed by atoms with Crippen molar-refractivity contribution in [2.75, 3.05) is 11.5 Å². The number of benzene rings is 1. The summed E-state index contributed by atoms with van der Waals surface area (Å²) in [7, 11) is -1.49. The number of carbonyl (C=O) groups is 1. The van der Waals surface area contributed by atoms with Gasteiger partial charge < -0.3 is 11.5 Å². The Labute approximate surface area is 88.7 Å². The molecule has 0 aliphatic carbocycles. The molecule has 0 aliphatic rings. The number of amides is 1. The molecule has 0 heterocycles. The van der Waals surface area contributed by atoms with E-state index in [0.717, 1.165) is 0 Å². The van der Waals surface area contributed by atoms with Gasteiger partial charge in [0.2, 0.25) is 5.91 Å². The Morgan fingerprint density at radius 2 is 2.14 bits per heavy atom. The fraction of sp³-hybridized carbons (Fsp3) is 0.125. The van der Waals surface area contributed by atoms with E-state index in [4.69, 9.17) is 23.1 Å². The van der Waals surface area contributed by atoms with Crippen molar-refractivity contribution >= 4 is 34.0 Å². The summed E-state index contributed by atoms with van der Waals surface area (Å²) >= 11 is 5.66. The summed E-state index contributed by atoms with van der Waals surface area (Å²) < 4.78 is 11.5. The molecule has 1 rings (SSSR count). The van der Waals surface area contributed by atoms with E-state index in [0.29, 0.717) is 15.6 Å². The lowest BCUT2D eigenvalue weighted by molar-refractivity contribution is -0.115. The van der Waals surface area contributed by atoms with E-state index < -0.39 is 16.7 Å². The molecule has 14 heavy (non-hydrogen) atoms. The van der Waals surface area contributed by atoms with E-state index in [1.54, 1.807) is 6.07 Å². The molecule has 1 unspecified atom stereocenters. The SMILES string of the molecule is NC(=O)CS(=O)c1ccc(Cl)cc1N. The number of anilines is 1. The topological polar surface area (TPSA) is 86.2 Å². The van der Waals surface area contributed by atoms with E-state index >= 15 is 0 Å². The maximum atomic E-state index is 11.5. The minimum atomic E-state index is -1.49. The van der Waals surface area contributed by atoms with E-state index in [-0.39, 0.29) is 5.75 Å². The molecule has 4 nitrogen and oxygen atoms in total. The third kappa shape index (κ3) is 2.71. The highest BCUT2D eigenvalue weighted by molar-refractivity contribution is 7.86. The standard InChI is InChI=1S/C8H9ClN2O2S/c9-5-1-2-7(6(10)3-5)14(13)4-8(11)12/h1-3H,4,10H2,(H2,11,12). The van der Waals surface area contributed by atoms with Gasteiger partial charge in [0.15, 0.2) is 0 Å². The zero-order valence-corrected chi connectivity index (χ0v) is 8.77. The molecule has 0 radical (unpaired) electrons. The Bertz CT molecular complexity index is 395. The van der Waals surface area contributed by atoms with E-state index in [1.807, 2.05) is 0 Å². The molecule has 4 N–H and O–H groups in total. The molecule has 0 aliphatic heterocycles. The first-order valence-electron chi connectivity index (χ1n) is 3.72. The second-order valence-electron chi connectivity index (χ2n) is 2.64. The first-order chi connectivity index (χ1) is 6.50. The maximum absolute atomic E-state index is 11.5. The fourth-order valence-corrected chi connectivity index (χ4v) is 2.07. The second-order valence-corrected chi connectivity index (χ2v) is 4.49. The Hall–Kier alpha value is -1.07. The van der Waals surface area contributed by atoms with Crippen molar-refractivity contribution in [1.82, 2.24) is 0 Å². The van der Waals surface area contributed by atoms with Gasteiger partial charge in [-0.15, -0.1) is 0 Å². The molecule has 0 bridgehead atoms. The lowest BCUT2D eigenvalue weighted by atomic mass is 10.3. The monoisotopic (exact) mass is 232 g/mol. The normalized spacial score (nSPS) is 12.4. The Morgan fingerprint density at radius 3 is 2.64 bits per heavy atom. The predicted molar refractivity (Wildman–Crippen MR) is 56.3 cm³/mol. The second kappa shape index (κ2) is 4.43. The van der Waals surface area contributed by atoms with Crippen LogP contribution >= 0.6 is 11.6 Å². The van der Waals surface area contributed by atoms with Crippen LogP contribution < -0.4 is 11.5 Å². The summed E-state index contributed by atoms with van der Waals surface area (Å²) in [5.74, 6) is -0.857. The number of carbonyl (C=O) groups excluding carboxylic acids is 1. The molecule has 6 heteroatoms. The van der Waals surface area contributed by atoms with E-state index in [1.165, 1.54) is 12.1 Å². The molecule has 0 fully saturated rings. The van der Waals surface area contributed by atoms with Crippen molar-refractivity contribution in [2.24, 2.45) is 5.73 Å². The van der Waals surface area contributed by atoms with Crippen molar-refractivity contribution < 1.29 is 9.00 Å². The van der Waals surface area contributed by atoms with Gasteiger partial charge >= 0.3 is 0 Å². The Balaban J connectivity index is 2.96. The molecular formula is C8H9ClN2O2S. The fourth-order valence-electron chi connectivity index (χ4n) is 0.934. The zero-order valence-electron chi connectivity index (χ0n) is 7.20. The summed E-state index contributed by atoms with van der Waals surface area (Å²) in [4.78, 5) is 10.9. The third-order valence-electron chi connectivity index (χ3n) is 1.49. The first-order valence-corrected chi connectivity index (χ1v) is 5.42. The van der Waals surface area contributed by atoms with Gasteiger partial charge in [0, 0.05) is 10.7 Å². The van der Waals surface area contributed by atoms with Crippen LogP contribution in [0.4, 0.5) is 5.69 Å². The number of hydrogen-bond acceptors (Lipinski definition) is 3. The minimum Gasteiger partial charge on any atom is -0.398 e. The smallest absolute Gasteiger partial charge is 0.230 e. The molecule has 1 amide bonds. The van der Waals surface area contributed by atoms with Crippen LogP contribution in [0.15, 0.2) is 23.1 Å². The molecule has 1 aromatic rings. The molecule has 1 aromatic carbocycles. The summed E-state index contributed by atoms with van der Waals surface area (Å²) in [5, 5.41) is 0.460. The highest BCUT2D eigenvalue weighted by Crippen LogP contribution is 2.20. The van der Waals surface area contributed by atoms with Crippen LogP contribution in [0.1, 0.15) is 0 Å². The van der Waals surface area contributed by atoms with Gasteiger partial charge in [-0.3, -0.25) is 9.00 Å². The summed E-state index contributed by atoms with van der Waals surface area (Å²) in [6.45, 7) is 0. The number of hydrogen-bond donors (Lipinski definition) is 2. The molecule has 0 spiro atoms. The van der Waals surface area contributed by atoms with Crippen LogP contribution in [0.25, 0.3) is 0 Å². The molecule has 1 atom stereocenters. The van der Waals surface area contributed by atoms with Crippen LogP contribution in [0, 0.1) is 0 Å². The van der Waals surface area contributed by atoms with Crippen LogP contribution in [-0.4, -0.2) is 15.9 Å². The number of primary amides is 1. The average molecular weight is 233 g/mol. The number of halogens is 1. The largest absolute Gasteiger partial charge is 0.398 e. The Kier molecular flexibility index (Phi) is 3.49. The summed E-state index contributed by atoms with van der Waals surface area (Å²) in [5.41, 5.74) is 10.8. The van der Waals surface area contributed by atoms with Crippen LogP contribution in [0.2, 0.25) is 5.02 Å². The molecule has 0 aromatic heterocycles. The number of rotatable bonds is 3. The number of nitrogens with two attached hydrogens (primary N) is 2. The van der Waals surface area contributed by atoms with Gasteiger partial charge in [-0.05, 0) is 18.2 Å². The van der Waals surface area contributed by atoms with Gasteiger partial charge in [-0.25, -0.2) is 0 Å². The van der Waals surface area contributed by atoms with Crippen molar-refractivity contribution in [1.29, 1.82) is 0 Å². The van der Waals surface area contributed by atoms with E-state index in [9.17, 15) is 9.00 Å². The molecule has 0 saturated carbocycles. The van der Waals surface area contributed by atoms with Crippen LogP contribution in [0.3, 0.4) is 0 Å². The van der Waals surface area contributed by atoms with Crippen molar-refractivity contribution in [2.45, 2.75) is 4.90 Å². The molecule has 76 valence electrons. The van der Waals surface area contributed by atoms with E-state index in [2.05, 4.69) is 0 Å². The lowest BCUT2D eigenvalue weighted by Crippen LogP contribution is -2.19. The van der Waals surface area contributed by atoms with Gasteiger partial charge in [0.25, 0.3) is 0 Å². The summed E-state index contributed by atoms with van der Waals surface area (Å²) in [6.07, 6.45) is 0. The third-order valence-corrected chi connectivity index (χ3v) is 3.13. The average Bonchev–Trinajstić information content (AvgIpc) is 2.01. The first kappa shape index (κ1) is 11.0. The highest BCUT2D eigenvalue weighted by Gasteiger charge is 2.10. The van der Waals surface area contributed by atoms with Gasteiger partial charge in [0.1, 0.15) is 5.75 Å². The zero-order chi connectivity index (χ0) is 10.7. The van der Waals surface area contributed by atoms with Crippen molar-refractivity contribution in [3.63, 3.8) is 0 Å². The number of nitrogen functional groups attached to an aromatic ring is 1. The highest BCUT2D eigenvalue weighted by atomic mass is 35.5. The van der Waals surface area contributed by atoms with Crippen molar-refractivity contribution in [3.05, 3.63) is 23.2 Å². The van der Waals surface area contributed by atoms with Crippen LogP contribution in [-0.2, 0) is 15.6 Å². The summed E-state index contributed by atoms with van der Waals surface area (Å²) in [6, 6.07) is 4.57. The molecular weight excluding hydrogens is 224 g/mol. The van der Waals surface area contributed by atoms with Gasteiger partial charge in [0.05, 0.1) is 15.7 Å². The predicted octanol–water partition coefficient (Wildman–Crippen LogP) is 0.515. The molecule has 0 saturated heterocycles. The lowest BCUT2D eigenvalue weighted by Gasteiger charge is -2.03. The quantitative estimate of drug-likeness (QED) is 0.745. The van der Waals surface area contributed by atoms with Crippen LogP contribution in [0.5, 0.6) is 0 Å². The van der Waals surface area contributed by atoms with Gasteiger partial charge in [-0.1, -0.05) is 11.6 Å².